The van der Waals surface area contributed by atoms with Crippen molar-refractivity contribution in [2.24, 2.45) is 5.92 Å². The zero-order valence-electron chi connectivity index (χ0n) is 15.2. The molecule has 1 amide bonds. The molecule has 2 aromatic heterocycles. The van der Waals surface area contributed by atoms with Gasteiger partial charge in [0.1, 0.15) is 30.2 Å². The lowest BCUT2D eigenvalue weighted by molar-refractivity contribution is -0.118. The fourth-order valence-corrected chi connectivity index (χ4v) is 2.97. The number of imidazole rings is 1. The highest BCUT2D eigenvalue weighted by molar-refractivity contribution is 5.91. The van der Waals surface area contributed by atoms with Crippen LogP contribution in [0, 0.1) is 12.8 Å². The van der Waals surface area contributed by atoms with Crippen molar-refractivity contribution in [1.82, 2.24) is 19.5 Å². The summed E-state index contributed by atoms with van der Waals surface area (Å²) in [4.78, 5) is 35.1. The largest absolute Gasteiger partial charge is 0.394 e. The third-order valence-electron chi connectivity index (χ3n) is 4.57. The van der Waals surface area contributed by atoms with E-state index in [1.165, 1.54) is 0 Å². The number of carbonyl (C=O) groups is 1. The second-order valence-corrected chi connectivity index (χ2v) is 6.88. The van der Waals surface area contributed by atoms with Crippen molar-refractivity contribution in [3.63, 3.8) is 0 Å². The van der Waals surface area contributed by atoms with E-state index in [-0.39, 0.29) is 35.5 Å². The Balaban J connectivity index is 1.96. The first-order valence-electron chi connectivity index (χ1n) is 8.63. The van der Waals surface area contributed by atoms with Gasteiger partial charge in [0, 0.05) is 5.92 Å². The first kappa shape index (κ1) is 19.4. The van der Waals surface area contributed by atoms with Gasteiger partial charge in [-0.3, -0.25) is 19.9 Å². The summed E-state index contributed by atoms with van der Waals surface area (Å²) in [6.45, 7) is 4.71. The molecule has 0 aromatic carbocycles. The number of hydrogen-bond acceptors (Lipinski definition) is 8. The van der Waals surface area contributed by atoms with E-state index in [0.717, 1.165) is 0 Å². The Kier molecular flexibility index (Phi) is 5.29. The zero-order chi connectivity index (χ0) is 19.9. The molecular formula is C16H23N5O6. The molecule has 0 radical (unpaired) electrons. The first-order chi connectivity index (χ1) is 12.7. The van der Waals surface area contributed by atoms with Crippen LogP contribution in [0.2, 0.25) is 0 Å². The summed E-state index contributed by atoms with van der Waals surface area (Å²) in [6, 6.07) is 0. The number of hydrogen-bond donors (Lipinski definition) is 5. The molecule has 0 aliphatic carbocycles. The molecule has 1 unspecified atom stereocenters. The molecule has 0 spiro atoms. The third-order valence-corrected chi connectivity index (χ3v) is 4.57. The highest BCUT2D eigenvalue weighted by Crippen LogP contribution is 2.24. The fraction of sp³-hybridized carbons (Fsp3) is 0.625. The summed E-state index contributed by atoms with van der Waals surface area (Å²) >= 11 is 0. The number of fused-ring (bicyclic) bond motifs is 1. The lowest BCUT2D eigenvalue weighted by atomic mass is 10.1. The highest BCUT2D eigenvalue weighted by atomic mass is 16.6. The lowest BCUT2D eigenvalue weighted by Crippen LogP contribution is -2.35. The third kappa shape index (κ3) is 3.58. The van der Waals surface area contributed by atoms with E-state index in [2.05, 4.69) is 20.3 Å². The van der Waals surface area contributed by atoms with Crippen LogP contribution >= 0.6 is 0 Å². The molecule has 1 aliphatic heterocycles. The van der Waals surface area contributed by atoms with Crippen LogP contribution in [0.5, 0.6) is 0 Å². The van der Waals surface area contributed by atoms with Crippen LogP contribution in [0.15, 0.2) is 4.79 Å². The molecule has 3 rings (SSSR count). The van der Waals surface area contributed by atoms with Crippen LogP contribution in [0.3, 0.4) is 0 Å². The van der Waals surface area contributed by atoms with E-state index < -0.39 is 36.6 Å². The van der Waals surface area contributed by atoms with Crippen molar-refractivity contribution in [3.8, 4) is 0 Å². The van der Waals surface area contributed by atoms with Gasteiger partial charge in [0.25, 0.3) is 5.56 Å². The normalized spacial score (nSPS) is 25.4. The van der Waals surface area contributed by atoms with E-state index in [1.807, 2.05) is 0 Å². The number of ether oxygens (including phenoxy) is 1. The Hall–Kier alpha value is -2.34. The Labute approximate surface area is 154 Å². The maximum atomic E-state index is 12.3. The van der Waals surface area contributed by atoms with E-state index >= 15 is 0 Å². The molecule has 0 saturated carbocycles. The summed E-state index contributed by atoms with van der Waals surface area (Å²) in [5.74, 6) is -0.151. The number of aliphatic hydroxyl groups is 3. The fourth-order valence-electron chi connectivity index (χ4n) is 2.97. The molecule has 27 heavy (non-hydrogen) atoms. The molecular weight excluding hydrogens is 358 g/mol. The van der Waals surface area contributed by atoms with Crippen molar-refractivity contribution in [2.75, 3.05) is 11.9 Å². The molecule has 5 N–H and O–H groups in total. The number of rotatable bonds is 5. The number of aromatic nitrogens is 4. The average molecular weight is 381 g/mol. The number of aromatic amines is 1. The van der Waals surface area contributed by atoms with Crippen molar-refractivity contribution < 1.29 is 24.9 Å². The lowest BCUT2D eigenvalue weighted by Gasteiger charge is -2.16. The van der Waals surface area contributed by atoms with Gasteiger partial charge in [-0.1, -0.05) is 13.8 Å². The van der Waals surface area contributed by atoms with Gasteiger partial charge in [-0.2, -0.15) is 4.98 Å². The molecule has 1 saturated heterocycles. The maximum Gasteiger partial charge on any atom is 0.280 e. The van der Waals surface area contributed by atoms with Crippen LogP contribution < -0.4 is 10.9 Å². The summed E-state index contributed by atoms with van der Waals surface area (Å²) in [6.07, 6.45) is -4.13. The predicted molar refractivity (Wildman–Crippen MR) is 94.1 cm³/mol. The van der Waals surface area contributed by atoms with Crippen LogP contribution in [0.4, 0.5) is 5.95 Å². The highest BCUT2D eigenvalue weighted by Gasteiger charge is 2.42. The van der Waals surface area contributed by atoms with Gasteiger partial charge in [-0.15, -0.1) is 0 Å². The SMILES string of the molecule is Cc1nc2c(=O)[nH]c(NC(=O)C(C)C)nc2n1C[C@@H]1O[C@H](CO)C(O)[C@@H]1O. The molecule has 148 valence electrons. The van der Waals surface area contributed by atoms with Crippen molar-refractivity contribution in [3.05, 3.63) is 16.2 Å². The zero-order valence-corrected chi connectivity index (χ0v) is 15.2. The van der Waals surface area contributed by atoms with Gasteiger partial charge in [0.15, 0.2) is 11.2 Å². The maximum absolute atomic E-state index is 12.3. The van der Waals surface area contributed by atoms with Gasteiger partial charge < -0.3 is 24.6 Å². The number of nitrogens with zero attached hydrogens (tertiary/aromatic N) is 3. The molecule has 2 aromatic rings. The monoisotopic (exact) mass is 381 g/mol. The molecule has 11 nitrogen and oxygen atoms in total. The Morgan fingerprint density at radius 1 is 1.30 bits per heavy atom. The van der Waals surface area contributed by atoms with Crippen LogP contribution in [-0.4, -0.2) is 71.8 Å². The summed E-state index contributed by atoms with van der Waals surface area (Å²) < 4.78 is 7.05. The summed E-state index contributed by atoms with van der Waals surface area (Å²) in [5.41, 5.74) is -0.211. The second kappa shape index (κ2) is 7.35. The van der Waals surface area contributed by atoms with E-state index in [1.54, 1.807) is 25.3 Å². The van der Waals surface area contributed by atoms with E-state index in [0.29, 0.717) is 5.82 Å². The van der Waals surface area contributed by atoms with Crippen LogP contribution in [-0.2, 0) is 16.1 Å². The molecule has 4 atom stereocenters. The quantitative estimate of drug-likeness (QED) is 0.418. The Morgan fingerprint density at radius 3 is 2.56 bits per heavy atom. The number of anilines is 1. The summed E-state index contributed by atoms with van der Waals surface area (Å²) in [5, 5.41) is 31.8. The number of aliphatic hydroxyl groups excluding tert-OH is 3. The van der Waals surface area contributed by atoms with Gasteiger partial charge in [-0.25, -0.2) is 4.98 Å². The van der Waals surface area contributed by atoms with Crippen LogP contribution in [0.1, 0.15) is 19.7 Å². The topological polar surface area (TPSA) is 163 Å². The number of nitrogens with one attached hydrogen (secondary N) is 2. The number of H-pyrrole nitrogens is 1. The average Bonchev–Trinajstić information content (AvgIpc) is 3.07. The molecule has 3 heterocycles. The molecule has 1 aliphatic rings. The van der Waals surface area contributed by atoms with Gasteiger partial charge >= 0.3 is 0 Å². The van der Waals surface area contributed by atoms with Crippen molar-refractivity contribution >= 4 is 23.0 Å². The van der Waals surface area contributed by atoms with Crippen molar-refractivity contribution in [1.29, 1.82) is 0 Å². The molecule has 1 fully saturated rings. The van der Waals surface area contributed by atoms with Crippen LogP contribution in [0.25, 0.3) is 11.2 Å². The summed E-state index contributed by atoms with van der Waals surface area (Å²) in [7, 11) is 0. The van der Waals surface area contributed by atoms with E-state index in [9.17, 15) is 24.9 Å². The first-order valence-corrected chi connectivity index (χ1v) is 8.63. The minimum atomic E-state index is -1.22. The second-order valence-electron chi connectivity index (χ2n) is 6.88. The number of aryl methyl sites for hydroxylation is 1. The number of carbonyl (C=O) groups excluding carboxylic acids is 1. The molecule has 11 heteroatoms. The van der Waals surface area contributed by atoms with Crippen molar-refractivity contribution in [2.45, 2.75) is 51.7 Å². The Morgan fingerprint density at radius 2 is 1.96 bits per heavy atom. The van der Waals surface area contributed by atoms with Gasteiger partial charge in [-0.05, 0) is 6.92 Å². The van der Waals surface area contributed by atoms with Gasteiger partial charge in [0.05, 0.1) is 13.2 Å². The smallest absolute Gasteiger partial charge is 0.280 e. The minimum Gasteiger partial charge on any atom is -0.394 e. The Bertz CT molecular complexity index is 907. The minimum absolute atomic E-state index is 0.00601. The van der Waals surface area contributed by atoms with Gasteiger partial charge in [0.2, 0.25) is 11.9 Å². The number of amides is 1. The standard InChI is InChI=1S/C16H23N5O6/c1-6(2)14(25)19-16-18-13-10(15(26)20-16)17-7(3)21(13)4-8-11(23)12(24)9(5-22)27-8/h6,8-9,11-12,22-24H,4-5H2,1-3H3,(H2,18,19,20,25,26)/t8-,9+,11+,12?/m0/s1. The molecule has 0 bridgehead atoms. The van der Waals surface area contributed by atoms with E-state index in [4.69, 9.17) is 4.74 Å². The predicted octanol–water partition coefficient (Wildman–Crippen LogP) is -1.50.